The van der Waals surface area contributed by atoms with Crippen LogP contribution in [-0.4, -0.2) is 38.7 Å². The van der Waals surface area contributed by atoms with Crippen LogP contribution in [-0.2, 0) is 6.42 Å². The number of rotatable bonds is 8. The number of amides is 3. The molecule has 0 unspecified atom stereocenters. The average Bonchev–Trinajstić information content (AvgIpc) is 2.67. The second kappa shape index (κ2) is 10.2. The van der Waals surface area contributed by atoms with Crippen LogP contribution in [0, 0.1) is 0 Å². The molecule has 2 aromatic rings. The number of carbonyl (C=O) groups excluding carboxylic acids is 2. The van der Waals surface area contributed by atoms with E-state index in [-0.39, 0.29) is 18.0 Å². The van der Waals surface area contributed by atoms with E-state index in [4.69, 9.17) is 9.47 Å². The van der Waals surface area contributed by atoms with Crippen LogP contribution in [0.2, 0.25) is 0 Å². The lowest BCUT2D eigenvalue weighted by Crippen LogP contribution is -2.34. The Morgan fingerprint density at radius 3 is 2.43 bits per heavy atom. The van der Waals surface area contributed by atoms with Gasteiger partial charge in [-0.2, -0.15) is 0 Å². The summed E-state index contributed by atoms with van der Waals surface area (Å²) < 4.78 is 10.5. The lowest BCUT2D eigenvalue weighted by molar-refractivity contribution is 0.0954. The lowest BCUT2D eigenvalue weighted by atomic mass is 10.1. The number of ether oxygens (including phenoxy) is 2. The maximum Gasteiger partial charge on any atom is 0.319 e. The minimum atomic E-state index is -0.305. The third-order valence-electron chi connectivity index (χ3n) is 3.95. The zero-order valence-electron chi connectivity index (χ0n) is 16.7. The van der Waals surface area contributed by atoms with Gasteiger partial charge in [0, 0.05) is 23.8 Å². The molecule has 2 rings (SSSR count). The Kier molecular flexibility index (Phi) is 7.68. The van der Waals surface area contributed by atoms with Crippen LogP contribution >= 0.6 is 0 Å². The zero-order valence-corrected chi connectivity index (χ0v) is 16.7. The number of urea groups is 1. The Morgan fingerprint density at radius 1 is 1.00 bits per heavy atom. The van der Waals surface area contributed by atoms with E-state index in [1.165, 1.54) is 0 Å². The molecule has 0 bridgehead atoms. The number of hydrogen-bond donors (Lipinski definition) is 3. The molecule has 3 N–H and O–H groups in total. The molecule has 3 amide bonds. The van der Waals surface area contributed by atoms with E-state index in [9.17, 15) is 9.59 Å². The minimum Gasteiger partial charge on any atom is -0.493 e. The summed E-state index contributed by atoms with van der Waals surface area (Å²) in [6.07, 6.45) is 0.654. The standard InChI is InChI=1S/C21H27N3O4/c1-14(2)23-21(26)24-17-7-5-6-16(13-17)20(25)22-11-10-15-8-9-18(27-3)19(12-15)28-4/h5-9,12-14H,10-11H2,1-4H3,(H,22,25)(H2,23,24,26). The molecule has 7 heteroatoms. The van der Waals surface area contributed by atoms with Gasteiger partial charge in [-0.15, -0.1) is 0 Å². The first-order valence-electron chi connectivity index (χ1n) is 9.09. The number of carbonyl (C=O) groups is 2. The van der Waals surface area contributed by atoms with Crippen LogP contribution in [0.3, 0.4) is 0 Å². The Morgan fingerprint density at radius 2 is 1.75 bits per heavy atom. The molecule has 7 nitrogen and oxygen atoms in total. The topological polar surface area (TPSA) is 88.7 Å². The van der Waals surface area contributed by atoms with E-state index in [1.807, 2.05) is 32.0 Å². The van der Waals surface area contributed by atoms with Gasteiger partial charge in [0.05, 0.1) is 14.2 Å². The molecular weight excluding hydrogens is 358 g/mol. The first-order valence-corrected chi connectivity index (χ1v) is 9.09. The van der Waals surface area contributed by atoms with E-state index < -0.39 is 0 Å². The fourth-order valence-corrected chi connectivity index (χ4v) is 2.63. The minimum absolute atomic E-state index is 0.0306. The summed E-state index contributed by atoms with van der Waals surface area (Å²) in [5.74, 6) is 1.12. The van der Waals surface area contributed by atoms with Crippen LogP contribution in [0.4, 0.5) is 10.5 Å². The van der Waals surface area contributed by atoms with Gasteiger partial charge in [-0.25, -0.2) is 4.79 Å². The van der Waals surface area contributed by atoms with Crippen LogP contribution in [0.5, 0.6) is 11.5 Å². The average molecular weight is 385 g/mol. The van der Waals surface area contributed by atoms with Crippen LogP contribution in [0.1, 0.15) is 29.8 Å². The molecule has 150 valence electrons. The quantitative estimate of drug-likeness (QED) is 0.651. The van der Waals surface area contributed by atoms with E-state index >= 15 is 0 Å². The molecule has 2 aromatic carbocycles. The Balaban J connectivity index is 1.91. The van der Waals surface area contributed by atoms with Crippen molar-refractivity contribution in [2.24, 2.45) is 0 Å². The third kappa shape index (κ3) is 6.19. The molecule has 0 atom stereocenters. The van der Waals surface area contributed by atoms with Crippen molar-refractivity contribution in [2.45, 2.75) is 26.3 Å². The van der Waals surface area contributed by atoms with E-state index in [0.717, 1.165) is 5.56 Å². The number of methoxy groups -OCH3 is 2. The first kappa shape index (κ1) is 21.1. The predicted octanol–water partition coefficient (Wildman–Crippen LogP) is 3.21. The van der Waals surface area contributed by atoms with Crippen LogP contribution < -0.4 is 25.4 Å². The van der Waals surface area contributed by atoms with Crippen molar-refractivity contribution >= 4 is 17.6 Å². The molecule has 0 aliphatic rings. The molecular formula is C21H27N3O4. The summed E-state index contributed by atoms with van der Waals surface area (Å²) in [6.45, 7) is 4.23. The highest BCUT2D eigenvalue weighted by atomic mass is 16.5. The molecule has 0 aromatic heterocycles. The maximum absolute atomic E-state index is 12.4. The molecule has 0 fully saturated rings. The summed E-state index contributed by atoms with van der Waals surface area (Å²) in [4.78, 5) is 24.2. The molecule has 0 aliphatic heterocycles. The normalized spacial score (nSPS) is 10.3. The highest BCUT2D eigenvalue weighted by molar-refractivity contribution is 5.96. The number of anilines is 1. The van der Waals surface area contributed by atoms with Crippen molar-refractivity contribution in [3.63, 3.8) is 0 Å². The van der Waals surface area contributed by atoms with Gasteiger partial charge in [-0.05, 0) is 56.2 Å². The smallest absolute Gasteiger partial charge is 0.319 e. The van der Waals surface area contributed by atoms with Gasteiger partial charge in [-0.1, -0.05) is 12.1 Å². The van der Waals surface area contributed by atoms with Crippen molar-refractivity contribution in [1.82, 2.24) is 10.6 Å². The fraction of sp³-hybridized carbons (Fsp3) is 0.333. The molecule has 0 heterocycles. The largest absolute Gasteiger partial charge is 0.493 e. The summed E-state index contributed by atoms with van der Waals surface area (Å²) in [5.41, 5.74) is 2.07. The summed E-state index contributed by atoms with van der Waals surface area (Å²) in [6, 6.07) is 12.2. The second-order valence-corrected chi connectivity index (χ2v) is 6.53. The molecule has 0 saturated heterocycles. The van der Waals surface area contributed by atoms with Crippen molar-refractivity contribution < 1.29 is 19.1 Å². The summed E-state index contributed by atoms with van der Waals surface area (Å²) in [5, 5.41) is 8.35. The predicted molar refractivity (Wildman–Crippen MR) is 109 cm³/mol. The van der Waals surface area contributed by atoms with E-state index in [0.29, 0.717) is 35.7 Å². The lowest BCUT2D eigenvalue weighted by Gasteiger charge is -2.12. The molecule has 28 heavy (non-hydrogen) atoms. The highest BCUT2D eigenvalue weighted by Crippen LogP contribution is 2.27. The third-order valence-corrected chi connectivity index (χ3v) is 3.95. The van der Waals surface area contributed by atoms with Gasteiger partial charge in [0.2, 0.25) is 0 Å². The van der Waals surface area contributed by atoms with Gasteiger partial charge >= 0.3 is 6.03 Å². The number of nitrogens with one attached hydrogen (secondary N) is 3. The van der Waals surface area contributed by atoms with Crippen molar-refractivity contribution in [3.8, 4) is 11.5 Å². The maximum atomic E-state index is 12.4. The SMILES string of the molecule is COc1ccc(CCNC(=O)c2cccc(NC(=O)NC(C)C)c2)cc1OC. The zero-order chi connectivity index (χ0) is 20.5. The van der Waals surface area contributed by atoms with Gasteiger partial charge in [-0.3, -0.25) is 4.79 Å². The Hall–Kier alpha value is -3.22. The van der Waals surface area contributed by atoms with E-state index in [2.05, 4.69) is 16.0 Å². The van der Waals surface area contributed by atoms with Crippen LogP contribution in [0.15, 0.2) is 42.5 Å². The molecule has 0 saturated carbocycles. The molecule has 0 radical (unpaired) electrons. The van der Waals surface area contributed by atoms with Crippen molar-refractivity contribution in [1.29, 1.82) is 0 Å². The van der Waals surface area contributed by atoms with Gasteiger partial charge in [0.1, 0.15) is 0 Å². The summed E-state index contributed by atoms with van der Waals surface area (Å²) >= 11 is 0. The first-order chi connectivity index (χ1) is 13.4. The fourth-order valence-electron chi connectivity index (χ4n) is 2.63. The second-order valence-electron chi connectivity index (χ2n) is 6.53. The van der Waals surface area contributed by atoms with Gasteiger partial charge in [0.25, 0.3) is 5.91 Å². The van der Waals surface area contributed by atoms with Crippen molar-refractivity contribution in [3.05, 3.63) is 53.6 Å². The van der Waals surface area contributed by atoms with Gasteiger partial charge in [0.15, 0.2) is 11.5 Å². The number of hydrogen-bond acceptors (Lipinski definition) is 4. The molecule has 0 aliphatic carbocycles. The molecule has 0 spiro atoms. The van der Waals surface area contributed by atoms with E-state index in [1.54, 1.807) is 38.5 Å². The monoisotopic (exact) mass is 385 g/mol. The summed E-state index contributed by atoms with van der Waals surface area (Å²) in [7, 11) is 3.18. The number of benzene rings is 2. The van der Waals surface area contributed by atoms with Crippen LogP contribution in [0.25, 0.3) is 0 Å². The van der Waals surface area contributed by atoms with Gasteiger partial charge < -0.3 is 25.4 Å². The Labute approximate surface area is 165 Å². The Bertz CT molecular complexity index is 821. The van der Waals surface area contributed by atoms with Crippen molar-refractivity contribution in [2.75, 3.05) is 26.1 Å². The highest BCUT2D eigenvalue weighted by Gasteiger charge is 2.09.